The van der Waals surface area contributed by atoms with Crippen LogP contribution in [0.4, 0.5) is 5.69 Å². The Hall–Kier alpha value is -4.36. The number of nitrogens with zero attached hydrogens (tertiary/aromatic N) is 2. The number of fused-ring (bicyclic) bond motifs is 2. The monoisotopic (exact) mass is 485 g/mol. The lowest BCUT2D eigenvalue weighted by atomic mass is 10.1. The maximum Gasteiger partial charge on any atom is 0.257 e. The van der Waals surface area contributed by atoms with E-state index in [2.05, 4.69) is 15.3 Å². The molecule has 3 aromatic carbocycles. The molecule has 5 aromatic rings. The van der Waals surface area contributed by atoms with E-state index >= 15 is 0 Å². The van der Waals surface area contributed by atoms with Crippen LogP contribution in [0.5, 0.6) is 23.0 Å². The molecule has 5 rings (SSSR count). The fraction of sp³-hybridized carbons (Fsp3) is 0.0741. The molecule has 0 fully saturated rings. The number of nitrogens with one attached hydrogen (secondary N) is 1. The molecule has 0 aliphatic heterocycles. The Morgan fingerprint density at radius 2 is 1.60 bits per heavy atom. The molecular formula is C27H20ClN3O4. The molecule has 8 heteroatoms. The van der Waals surface area contributed by atoms with Gasteiger partial charge in [-0.15, -0.1) is 0 Å². The van der Waals surface area contributed by atoms with Crippen molar-refractivity contribution in [2.75, 3.05) is 19.5 Å². The molecule has 7 nitrogen and oxygen atoms in total. The first kappa shape index (κ1) is 22.4. The minimum atomic E-state index is -0.269. The first-order valence-corrected chi connectivity index (χ1v) is 11.1. The van der Waals surface area contributed by atoms with Crippen LogP contribution >= 0.6 is 11.6 Å². The molecule has 0 aliphatic carbocycles. The van der Waals surface area contributed by atoms with Crippen molar-refractivity contribution >= 4 is 45.0 Å². The first-order valence-electron chi connectivity index (χ1n) is 10.7. The smallest absolute Gasteiger partial charge is 0.257 e. The molecule has 0 radical (unpaired) electrons. The molecule has 174 valence electrons. The average molecular weight is 486 g/mol. The number of aromatic nitrogens is 2. The van der Waals surface area contributed by atoms with Gasteiger partial charge >= 0.3 is 0 Å². The molecule has 2 heterocycles. The van der Waals surface area contributed by atoms with Crippen LogP contribution in [-0.2, 0) is 0 Å². The van der Waals surface area contributed by atoms with Crippen molar-refractivity contribution in [1.82, 2.24) is 9.97 Å². The number of hydrogen-bond donors (Lipinski definition) is 1. The second-order valence-electron chi connectivity index (χ2n) is 7.68. The Bertz CT molecular complexity index is 1550. The fourth-order valence-corrected chi connectivity index (χ4v) is 3.82. The molecule has 0 atom stereocenters. The summed E-state index contributed by atoms with van der Waals surface area (Å²) in [5.41, 5.74) is 2.53. The summed E-state index contributed by atoms with van der Waals surface area (Å²) >= 11 is 5.91. The Labute approximate surface area is 206 Å². The van der Waals surface area contributed by atoms with Crippen molar-refractivity contribution in [3.05, 3.63) is 89.7 Å². The van der Waals surface area contributed by atoms with Crippen molar-refractivity contribution < 1.29 is 19.0 Å². The number of ether oxygens (including phenoxy) is 3. The molecule has 35 heavy (non-hydrogen) atoms. The SMILES string of the molecule is COc1cc2nccc(Oc3ccc4ncc(C(=O)Nc5ccc(Cl)cc5)cc4c3)c2cc1OC. The molecule has 1 amide bonds. The molecule has 2 aromatic heterocycles. The van der Waals surface area contributed by atoms with Crippen LogP contribution in [0.15, 0.2) is 79.1 Å². The standard InChI is InChI=1S/C27H20ClN3O4/c1-33-25-13-21-23(14-26(25)34-2)29-10-9-24(21)35-20-7-8-22-16(12-20)11-17(15-30-22)27(32)31-19-5-3-18(28)4-6-19/h3-15H,1-2H3,(H,31,32). The highest BCUT2D eigenvalue weighted by atomic mass is 35.5. The Morgan fingerprint density at radius 3 is 2.37 bits per heavy atom. The zero-order valence-corrected chi connectivity index (χ0v) is 19.7. The highest BCUT2D eigenvalue weighted by Crippen LogP contribution is 2.37. The van der Waals surface area contributed by atoms with E-state index in [0.29, 0.717) is 44.8 Å². The van der Waals surface area contributed by atoms with E-state index in [-0.39, 0.29) is 5.91 Å². The van der Waals surface area contributed by atoms with Gasteiger partial charge in [0, 0.05) is 39.9 Å². The van der Waals surface area contributed by atoms with E-state index in [1.807, 2.05) is 24.3 Å². The predicted octanol–water partition coefficient (Wildman–Crippen LogP) is 6.50. The molecule has 0 saturated heterocycles. The number of hydrogen-bond acceptors (Lipinski definition) is 6. The van der Waals surface area contributed by atoms with Gasteiger partial charge < -0.3 is 19.5 Å². The minimum Gasteiger partial charge on any atom is -0.493 e. The van der Waals surface area contributed by atoms with Gasteiger partial charge in [0.2, 0.25) is 0 Å². The molecule has 1 N–H and O–H groups in total. The number of rotatable bonds is 6. The molecule has 0 saturated carbocycles. The van der Waals surface area contributed by atoms with Gasteiger partial charge in [0.25, 0.3) is 5.91 Å². The van der Waals surface area contributed by atoms with Crippen molar-refractivity contribution in [2.45, 2.75) is 0 Å². The Morgan fingerprint density at radius 1 is 0.829 bits per heavy atom. The Balaban J connectivity index is 1.45. The number of carbonyl (C=O) groups is 1. The van der Waals surface area contributed by atoms with Crippen LogP contribution in [0.25, 0.3) is 21.8 Å². The number of halogens is 1. The van der Waals surface area contributed by atoms with Gasteiger partial charge in [-0.25, -0.2) is 0 Å². The van der Waals surface area contributed by atoms with E-state index < -0.39 is 0 Å². The summed E-state index contributed by atoms with van der Waals surface area (Å²) in [6, 6.07) is 19.6. The number of pyridine rings is 2. The van der Waals surface area contributed by atoms with Crippen LogP contribution < -0.4 is 19.5 Å². The topological polar surface area (TPSA) is 82.6 Å². The summed E-state index contributed by atoms with van der Waals surface area (Å²) in [6.45, 7) is 0. The van der Waals surface area contributed by atoms with Crippen LogP contribution in [0.2, 0.25) is 5.02 Å². The van der Waals surface area contributed by atoms with Gasteiger partial charge in [-0.3, -0.25) is 14.8 Å². The number of anilines is 1. The second kappa shape index (κ2) is 9.48. The van der Waals surface area contributed by atoms with Gasteiger partial charge in [-0.1, -0.05) is 11.6 Å². The summed E-state index contributed by atoms with van der Waals surface area (Å²) in [4.78, 5) is 21.6. The van der Waals surface area contributed by atoms with Gasteiger partial charge in [-0.05, 0) is 60.7 Å². The third-order valence-electron chi connectivity index (χ3n) is 5.45. The van der Waals surface area contributed by atoms with Crippen molar-refractivity contribution in [1.29, 1.82) is 0 Å². The van der Waals surface area contributed by atoms with Crippen LogP contribution in [-0.4, -0.2) is 30.1 Å². The summed E-state index contributed by atoms with van der Waals surface area (Å²) in [6.07, 6.45) is 3.22. The molecule has 0 spiro atoms. The molecular weight excluding hydrogens is 466 g/mol. The fourth-order valence-electron chi connectivity index (χ4n) is 3.70. The van der Waals surface area contributed by atoms with E-state index in [0.717, 1.165) is 16.3 Å². The van der Waals surface area contributed by atoms with E-state index in [9.17, 15) is 4.79 Å². The van der Waals surface area contributed by atoms with E-state index in [1.165, 1.54) is 0 Å². The summed E-state index contributed by atoms with van der Waals surface area (Å²) in [7, 11) is 3.16. The first-order chi connectivity index (χ1) is 17.0. The predicted molar refractivity (Wildman–Crippen MR) is 136 cm³/mol. The quantitative estimate of drug-likeness (QED) is 0.295. The van der Waals surface area contributed by atoms with Gasteiger partial charge in [0.05, 0.1) is 30.8 Å². The third kappa shape index (κ3) is 4.67. The third-order valence-corrected chi connectivity index (χ3v) is 5.70. The Kier molecular flexibility index (Phi) is 6.08. The maximum atomic E-state index is 12.7. The molecule has 0 unspecified atom stereocenters. The van der Waals surface area contributed by atoms with Crippen LogP contribution in [0.1, 0.15) is 10.4 Å². The lowest BCUT2D eigenvalue weighted by Crippen LogP contribution is -2.12. The number of benzene rings is 3. The molecule has 0 bridgehead atoms. The highest BCUT2D eigenvalue weighted by molar-refractivity contribution is 6.30. The van der Waals surface area contributed by atoms with Crippen LogP contribution in [0.3, 0.4) is 0 Å². The van der Waals surface area contributed by atoms with E-state index in [1.54, 1.807) is 69.1 Å². The lowest BCUT2D eigenvalue weighted by molar-refractivity contribution is 0.102. The number of carbonyl (C=O) groups excluding carboxylic acids is 1. The average Bonchev–Trinajstić information content (AvgIpc) is 2.89. The normalized spacial score (nSPS) is 10.8. The molecule has 0 aliphatic rings. The van der Waals surface area contributed by atoms with Crippen molar-refractivity contribution in [2.24, 2.45) is 0 Å². The zero-order chi connectivity index (χ0) is 24.4. The summed E-state index contributed by atoms with van der Waals surface area (Å²) in [5, 5.41) is 4.99. The highest BCUT2D eigenvalue weighted by Gasteiger charge is 2.13. The van der Waals surface area contributed by atoms with Gasteiger partial charge in [0.1, 0.15) is 11.5 Å². The van der Waals surface area contributed by atoms with Gasteiger partial charge in [-0.2, -0.15) is 0 Å². The van der Waals surface area contributed by atoms with E-state index in [4.69, 9.17) is 25.8 Å². The zero-order valence-electron chi connectivity index (χ0n) is 18.9. The van der Waals surface area contributed by atoms with Gasteiger partial charge in [0.15, 0.2) is 11.5 Å². The number of amides is 1. The second-order valence-corrected chi connectivity index (χ2v) is 8.11. The minimum absolute atomic E-state index is 0.269. The van der Waals surface area contributed by atoms with Crippen LogP contribution in [0, 0.1) is 0 Å². The van der Waals surface area contributed by atoms with Crippen molar-refractivity contribution in [3.63, 3.8) is 0 Å². The lowest BCUT2D eigenvalue weighted by Gasteiger charge is -2.13. The summed E-state index contributed by atoms with van der Waals surface area (Å²) < 4.78 is 17.0. The summed E-state index contributed by atoms with van der Waals surface area (Å²) in [5.74, 6) is 2.11. The van der Waals surface area contributed by atoms with Crippen molar-refractivity contribution in [3.8, 4) is 23.0 Å². The largest absolute Gasteiger partial charge is 0.493 e. The number of methoxy groups -OCH3 is 2. The maximum absolute atomic E-state index is 12.7.